The second kappa shape index (κ2) is 3.81. The number of halogens is 1. The van der Waals surface area contributed by atoms with Gasteiger partial charge in [-0.2, -0.15) is 9.67 Å². The number of hydrogen-bond donors (Lipinski definition) is 1. The highest BCUT2D eigenvalue weighted by Gasteiger charge is 2.08. The molecule has 1 aromatic carbocycles. The first-order valence-electron chi connectivity index (χ1n) is 4.98. The summed E-state index contributed by atoms with van der Waals surface area (Å²) in [6.07, 6.45) is 0. The van der Waals surface area contributed by atoms with Gasteiger partial charge in [0.25, 0.3) is 0 Å². The molecule has 3 aromatic rings. The van der Waals surface area contributed by atoms with Crippen molar-refractivity contribution in [2.75, 3.05) is 5.73 Å². The van der Waals surface area contributed by atoms with Gasteiger partial charge in [-0.25, -0.2) is 4.98 Å². The molecule has 0 saturated heterocycles. The summed E-state index contributed by atoms with van der Waals surface area (Å²) in [5, 5.41) is 5.14. The Morgan fingerprint density at radius 2 is 1.88 bits per heavy atom. The van der Waals surface area contributed by atoms with Crippen molar-refractivity contribution < 1.29 is 0 Å². The molecule has 0 saturated carbocycles. The zero-order chi connectivity index (χ0) is 11.8. The molecule has 0 bridgehead atoms. The number of para-hydroxylation sites is 1. The number of rotatable bonds is 1. The number of nitrogens with two attached hydrogens (primary N) is 1. The van der Waals surface area contributed by atoms with Gasteiger partial charge in [0, 0.05) is 5.39 Å². The van der Waals surface area contributed by atoms with E-state index in [-0.39, 0.29) is 5.95 Å². The number of pyridine rings is 1. The molecule has 2 aromatic heterocycles. The normalized spacial score (nSPS) is 10.9. The zero-order valence-electron chi connectivity index (χ0n) is 8.71. The van der Waals surface area contributed by atoms with Crippen LogP contribution < -0.4 is 5.73 Å². The van der Waals surface area contributed by atoms with E-state index in [9.17, 15) is 0 Å². The Labute approximate surface area is 105 Å². The van der Waals surface area contributed by atoms with E-state index >= 15 is 0 Å². The average molecular weight is 290 g/mol. The van der Waals surface area contributed by atoms with E-state index in [0.29, 0.717) is 10.6 Å². The first kappa shape index (κ1) is 10.2. The van der Waals surface area contributed by atoms with Gasteiger partial charge in [-0.3, -0.25) is 0 Å². The van der Waals surface area contributed by atoms with E-state index in [0.717, 1.165) is 10.9 Å². The molecule has 6 heteroatoms. The van der Waals surface area contributed by atoms with Gasteiger partial charge in [0.15, 0.2) is 5.82 Å². The molecule has 0 fully saturated rings. The minimum atomic E-state index is 0.215. The topological polar surface area (TPSA) is 69.6 Å². The maximum Gasteiger partial charge on any atom is 0.240 e. The second-order valence-electron chi connectivity index (χ2n) is 3.51. The third-order valence-corrected chi connectivity index (χ3v) is 2.90. The van der Waals surface area contributed by atoms with Crippen LogP contribution in [0.1, 0.15) is 0 Å². The lowest BCUT2D eigenvalue weighted by Gasteiger charge is -2.02. The number of hydrogen-bond acceptors (Lipinski definition) is 4. The smallest absolute Gasteiger partial charge is 0.240 e. The van der Waals surface area contributed by atoms with Crippen LogP contribution in [0.3, 0.4) is 0 Å². The van der Waals surface area contributed by atoms with E-state index in [1.165, 1.54) is 0 Å². The summed E-state index contributed by atoms with van der Waals surface area (Å²) >= 11 is 3.29. The van der Waals surface area contributed by atoms with E-state index in [1.54, 1.807) is 4.68 Å². The summed E-state index contributed by atoms with van der Waals surface area (Å²) in [5.41, 5.74) is 6.44. The third-order valence-electron chi connectivity index (χ3n) is 2.38. The van der Waals surface area contributed by atoms with Crippen LogP contribution in [0, 0.1) is 0 Å². The first-order chi connectivity index (χ1) is 8.24. The fraction of sp³-hybridized carbons (Fsp3) is 0. The fourth-order valence-corrected chi connectivity index (χ4v) is 2.07. The predicted molar refractivity (Wildman–Crippen MR) is 68.8 cm³/mol. The summed E-state index contributed by atoms with van der Waals surface area (Å²) in [7, 11) is 0. The van der Waals surface area contributed by atoms with Crippen LogP contribution in [0.2, 0.25) is 0 Å². The molecule has 0 aliphatic rings. The molecule has 3 rings (SSSR count). The van der Waals surface area contributed by atoms with Crippen LogP contribution >= 0.6 is 15.9 Å². The molecule has 0 radical (unpaired) electrons. The monoisotopic (exact) mass is 289 g/mol. The van der Waals surface area contributed by atoms with E-state index in [1.807, 2.05) is 36.4 Å². The number of fused-ring (bicyclic) bond motifs is 1. The highest BCUT2D eigenvalue weighted by molar-refractivity contribution is 9.10. The molecular formula is C11H8BrN5. The molecule has 0 aliphatic carbocycles. The van der Waals surface area contributed by atoms with Crippen molar-refractivity contribution in [2.45, 2.75) is 0 Å². The lowest BCUT2D eigenvalue weighted by atomic mass is 10.2. The number of anilines is 1. The van der Waals surface area contributed by atoms with Gasteiger partial charge in [-0.1, -0.05) is 18.2 Å². The van der Waals surface area contributed by atoms with E-state index in [2.05, 4.69) is 31.0 Å². The summed E-state index contributed by atoms with van der Waals surface area (Å²) in [6, 6.07) is 11.8. The minimum absolute atomic E-state index is 0.215. The Hall–Kier alpha value is -1.95. The van der Waals surface area contributed by atoms with Crippen LogP contribution in [-0.2, 0) is 0 Å². The molecule has 0 amide bonds. The molecule has 17 heavy (non-hydrogen) atoms. The van der Waals surface area contributed by atoms with Gasteiger partial charge in [0.05, 0.1) is 5.52 Å². The van der Waals surface area contributed by atoms with Gasteiger partial charge >= 0.3 is 0 Å². The van der Waals surface area contributed by atoms with Crippen molar-refractivity contribution in [2.24, 2.45) is 0 Å². The van der Waals surface area contributed by atoms with Crippen molar-refractivity contribution in [1.82, 2.24) is 19.7 Å². The lowest BCUT2D eigenvalue weighted by Crippen LogP contribution is -2.00. The lowest BCUT2D eigenvalue weighted by molar-refractivity contribution is 0.833. The van der Waals surface area contributed by atoms with Crippen molar-refractivity contribution >= 4 is 32.8 Å². The Morgan fingerprint density at radius 1 is 1.06 bits per heavy atom. The summed E-state index contributed by atoms with van der Waals surface area (Å²) in [6.45, 7) is 0. The molecule has 0 atom stereocenters. The Kier molecular flexibility index (Phi) is 2.29. The average Bonchev–Trinajstić information content (AvgIpc) is 2.68. The van der Waals surface area contributed by atoms with Crippen molar-refractivity contribution in [1.29, 1.82) is 0 Å². The van der Waals surface area contributed by atoms with E-state index in [4.69, 9.17) is 5.73 Å². The van der Waals surface area contributed by atoms with Gasteiger partial charge in [-0.05, 0) is 34.1 Å². The molecule has 0 spiro atoms. The second-order valence-corrected chi connectivity index (χ2v) is 4.22. The summed E-state index contributed by atoms with van der Waals surface area (Å²) < 4.78 is 2.10. The number of benzene rings is 1. The first-order valence-corrected chi connectivity index (χ1v) is 5.77. The highest BCUT2D eigenvalue weighted by atomic mass is 79.9. The maximum atomic E-state index is 5.53. The molecule has 84 valence electrons. The molecule has 0 unspecified atom stereocenters. The highest BCUT2D eigenvalue weighted by Crippen LogP contribution is 2.17. The Balaban J connectivity index is 2.21. The molecule has 0 aliphatic heterocycles. The molecule has 2 heterocycles. The van der Waals surface area contributed by atoms with Crippen molar-refractivity contribution in [3.63, 3.8) is 0 Å². The van der Waals surface area contributed by atoms with Crippen molar-refractivity contribution in [3.8, 4) is 5.82 Å². The molecule has 2 N–H and O–H groups in total. The van der Waals surface area contributed by atoms with Crippen LogP contribution in [0.25, 0.3) is 16.7 Å². The van der Waals surface area contributed by atoms with Crippen LogP contribution in [0.5, 0.6) is 0 Å². The van der Waals surface area contributed by atoms with Crippen LogP contribution in [0.15, 0.2) is 41.1 Å². The summed E-state index contributed by atoms with van der Waals surface area (Å²) in [4.78, 5) is 8.47. The predicted octanol–water partition coefficient (Wildman–Crippen LogP) is 2.16. The standard InChI is InChI=1S/C11H8BrN5/c12-10-15-11(13)16-17(10)9-6-5-7-3-1-2-4-8(7)14-9/h1-6H,(H2,13,16). The third kappa shape index (κ3) is 1.76. The van der Waals surface area contributed by atoms with Gasteiger partial charge in [-0.15, -0.1) is 5.10 Å². The summed E-state index contributed by atoms with van der Waals surface area (Å²) in [5.74, 6) is 0.895. The molecule has 5 nitrogen and oxygen atoms in total. The largest absolute Gasteiger partial charge is 0.366 e. The van der Waals surface area contributed by atoms with Gasteiger partial charge < -0.3 is 5.73 Å². The Bertz CT molecular complexity index is 691. The minimum Gasteiger partial charge on any atom is -0.366 e. The Morgan fingerprint density at radius 3 is 2.65 bits per heavy atom. The van der Waals surface area contributed by atoms with Crippen molar-refractivity contribution in [3.05, 3.63) is 41.1 Å². The van der Waals surface area contributed by atoms with Gasteiger partial charge in [0.2, 0.25) is 10.7 Å². The fourth-order valence-electron chi connectivity index (χ4n) is 1.63. The maximum absolute atomic E-state index is 5.53. The SMILES string of the molecule is Nc1nc(Br)n(-c2ccc3ccccc3n2)n1. The number of nitrogen functional groups attached to an aromatic ring is 1. The zero-order valence-corrected chi connectivity index (χ0v) is 10.3. The van der Waals surface area contributed by atoms with Crippen LogP contribution in [-0.4, -0.2) is 19.7 Å². The molecular weight excluding hydrogens is 282 g/mol. The quantitative estimate of drug-likeness (QED) is 0.745. The van der Waals surface area contributed by atoms with Crippen LogP contribution in [0.4, 0.5) is 5.95 Å². The van der Waals surface area contributed by atoms with Gasteiger partial charge in [0.1, 0.15) is 0 Å². The number of nitrogens with zero attached hydrogens (tertiary/aromatic N) is 4. The number of aromatic nitrogens is 4. The van der Waals surface area contributed by atoms with E-state index < -0.39 is 0 Å².